The second-order valence-corrected chi connectivity index (χ2v) is 5.16. The number of amides is 1. The van der Waals surface area contributed by atoms with Crippen molar-refractivity contribution in [1.82, 2.24) is 15.1 Å². The van der Waals surface area contributed by atoms with Gasteiger partial charge in [0.2, 0.25) is 0 Å². The third kappa shape index (κ3) is 2.71. The summed E-state index contributed by atoms with van der Waals surface area (Å²) in [6.45, 7) is 0.0890. The fraction of sp³-hybridized carbons (Fsp3) is 0.538. The van der Waals surface area contributed by atoms with E-state index in [2.05, 4.69) is 10.4 Å². The molecule has 0 bridgehead atoms. The molecule has 1 aliphatic rings. The number of carbonyl (C=O) groups excluding carboxylic acids is 1. The molecule has 1 saturated carbocycles. The van der Waals surface area contributed by atoms with E-state index >= 15 is 0 Å². The van der Waals surface area contributed by atoms with E-state index in [9.17, 15) is 19.5 Å². The van der Waals surface area contributed by atoms with E-state index in [0.717, 1.165) is 17.5 Å². The predicted molar refractivity (Wildman–Crippen MR) is 70.3 cm³/mol. The maximum absolute atomic E-state index is 11.9. The number of carboxylic acid groups (broad SMARTS) is 1. The molecule has 0 atom stereocenters. The van der Waals surface area contributed by atoms with Crippen LogP contribution in [0.5, 0.6) is 0 Å². The molecule has 1 aliphatic carbocycles. The molecule has 0 unspecified atom stereocenters. The lowest BCUT2D eigenvalue weighted by Crippen LogP contribution is -2.41. The molecule has 0 aromatic carbocycles. The number of rotatable bonds is 4. The highest BCUT2D eigenvalue weighted by molar-refractivity contribution is 5.92. The summed E-state index contributed by atoms with van der Waals surface area (Å²) in [4.78, 5) is 34.5. The van der Waals surface area contributed by atoms with Crippen LogP contribution in [0.2, 0.25) is 0 Å². The Morgan fingerprint density at radius 2 is 2.05 bits per heavy atom. The third-order valence-corrected chi connectivity index (χ3v) is 3.79. The predicted octanol–water partition coefficient (Wildman–Crippen LogP) is 0.155. The largest absolute Gasteiger partial charge is 0.481 e. The highest BCUT2D eigenvalue weighted by Gasteiger charge is 2.41. The Balaban J connectivity index is 2.06. The Morgan fingerprint density at radius 1 is 1.40 bits per heavy atom. The van der Waals surface area contributed by atoms with E-state index in [4.69, 9.17) is 0 Å². The van der Waals surface area contributed by atoms with Gasteiger partial charge in [0.15, 0.2) is 0 Å². The van der Waals surface area contributed by atoms with Crippen molar-refractivity contribution in [3.8, 4) is 0 Å². The van der Waals surface area contributed by atoms with Gasteiger partial charge >= 0.3 is 5.97 Å². The van der Waals surface area contributed by atoms with Crippen molar-refractivity contribution in [3.63, 3.8) is 0 Å². The quantitative estimate of drug-likeness (QED) is 0.817. The maximum Gasteiger partial charge on any atom is 0.311 e. The molecule has 2 N–H and O–H groups in total. The number of nitrogens with one attached hydrogen (secondary N) is 1. The Hall–Kier alpha value is -2.18. The lowest BCUT2D eigenvalue weighted by atomic mass is 9.86. The molecule has 7 nitrogen and oxygen atoms in total. The molecule has 1 heterocycles. The molecule has 1 aromatic heterocycles. The highest BCUT2D eigenvalue weighted by Crippen LogP contribution is 2.37. The number of carboxylic acids is 1. The molecule has 1 aromatic rings. The zero-order valence-electron chi connectivity index (χ0n) is 11.3. The van der Waals surface area contributed by atoms with E-state index in [1.807, 2.05) is 0 Å². The van der Waals surface area contributed by atoms with Gasteiger partial charge in [-0.05, 0) is 18.9 Å². The summed E-state index contributed by atoms with van der Waals surface area (Å²) in [7, 11) is 1.45. The molecule has 20 heavy (non-hydrogen) atoms. The lowest BCUT2D eigenvalue weighted by molar-refractivity contribution is -0.148. The van der Waals surface area contributed by atoms with Crippen LogP contribution >= 0.6 is 0 Å². The maximum atomic E-state index is 11.9. The summed E-state index contributed by atoms with van der Waals surface area (Å²) in [5, 5.41) is 15.8. The van der Waals surface area contributed by atoms with E-state index in [0.29, 0.717) is 12.8 Å². The summed E-state index contributed by atoms with van der Waals surface area (Å²) in [5.41, 5.74) is -1.07. The minimum absolute atomic E-state index is 0.0890. The monoisotopic (exact) mass is 279 g/mol. The SMILES string of the molecule is Cn1nc(C(=O)NCC2(C(=O)O)CCCC2)ccc1=O. The number of hydrogen-bond acceptors (Lipinski definition) is 4. The molecule has 0 radical (unpaired) electrons. The van der Waals surface area contributed by atoms with Crippen LogP contribution in [-0.2, 0) is 11.8 Å². The minimum atomic E-state index is -0.872. The van der Waals surface area contributed by atoms with E-state index in [1.165, 1.54) is 19.2 Å². The average molecular weight is 279 g/mol. The molecule has 1 amide bonds. The van der Waals surface area contributed by atoms with E-state index in [-0.39, 0.29) is 17.8 Å². The van der Waals surface area contributed by atoms with Crippen molar-refractivity contribution < 1.29 is 14.7 Å². The van der Waals surface area contributed by atoms with Crippen molar-refractivity contribution >= 4 is 11.9 Å². The van der Waals surface area contributed by atoms with Gasteiger partial charge in [-0.1, -0.05) is 12.8 Å². The topological polar surface area (TPSA) is 101 Å². The summed E-state index contributed by atoms with van der Waals surface area (Å²) >= 11 is 0. The zero-order valence-corrected chi connectivity index (χ0v) is 11.3. The highest BCUT2D eigenvalue weighted by atomic mass is 16.4. The number of carbonyl (C=O) groups is 2. The van der Waals surface area contributed by atoms with Crippen LogP contribution in [0.4, 0.5) is 0 Å². The number of aromatic nitrogens is 2. The van der Waals surface area contributed by atoms with Crippen LogP contribution in [0.15, 0.2) is 16.9 Å². The number of aliphatic carboxylic acids is 1. The average Bonchev–Trinajstić information content (AvgIpc) is 2.89. The van der Waals surface area contributed by atoms with Crippen molar-refractivity contribution in [2.24, 2.45) is 12.5 Å². The summed E-state index contributed by atoms with van der Waals surface area (Å²) < 4.78 is 1.07. The van der Waals surface area contributed by atoms with E-state index < -0.39 is 17.3 Å². The molecule has 0 saturated heterocycles. The fourth-order valence-electron chi connectivity index (χ4n) is 2.48. The Labute approximate surface area is 115 Å². The van der Waals surface area contributed by atoms with Crippen LogP contribution < -0.4 is 10.9 Å². The van der Waals surface area contributed by atoms with E-state index in [1.54, 1.807) is 0 Å². The standard InChI is InChI=1S/C13H17N3O4/c1-16-10(17)5-4-9(15-16)11(18)14-8-13(12(19)20)6-2-3-7-13/h4-5H,2-3,6-8H2,1H3,(H,14,18)(H,19,20). The van der Waals surface area contributed by atoms with Crippen LogP contribution in [0.1, 0.15) is 36.2 Å². The van der Waals surface area contributed by atoms with Gasteiger partial charge in [0.25, 0.3) is 11.5 Å². The molecular weight excluding hydrogens is 262 g/mol. The Morgan fingerprint density at radius 3 is 2.60 bits per heavy atom. The molecule has 108 valence electrons. The molecule has 1 fully saturated rings. The Kier molecular flexibility index (Phi) is 3.87. The number of aryl methyl sites for hydroxylation is 1. The number of hydrogen-bond donors (Lipinski definition) is 2. The van der Waals surface area contributed by atoms with Crippen molar-refractivity contribution in [2.45, 2.75) is 25.7 Å². The fourth-order valence-corrected chi connectivity index (χ4v) is 2.48. The zero-order chi connectivity index (χ0) is 14.8. The van der Waals surface area contributed by atoms with Gasteiger partial charge in [0.05, 0.1) is 5.41 Å². The van der Waals surface area contributed by atoms with Crippen molar-refractivity contribution in [2.75, 3.05) is 6.54 Å². The van der Waals surface area contributed by atoms with Crippen molar-refractivity contribution in [3.05, 3.63) is 28.2 Å². The minimum Gasteiger partial charge on any atom is -0.481 e. The molecule has 7 heteroatoms. The first-order valence-corrected chi connectivity index (χ1v) is 6.51. The van der Waals surface area contributed by atoms with Gasteiger partial charge in [0.1, 0.15) is 5.69 Å². The summed E-state index contributed by atoms with van der Waals surface area (Å²) in [5.74, 6) is -1.34. The normalized spacial score (nSPS) is 16.9. The first kappa shape index (κ1) is 14.2. The van der Waals surface area contributed by atoms with Crippen LogP contribution in [0, 0.1) is 5.41 Å². The van der Waals surface area contributed by atoms with Crippen molar-refractivity contribution in [1.29, 1.82) is 0 Å². The van der Waals surface area contributed by atoms with Gasteiger partial charge < -0.3 is 10.4 Å². The van der Waals surface area contributed by atoms with Gasteiger partial charge in [-0.2, -0.15) is 5.10 Å². The number of nitrogens with zero attached hydrogens (tertiary/aromatic N) is 2. The molecule has 0 spiro atoms. The van der Waals surface area contributed by atoms with Gasteiger partial charge in [-0.3, -0.25) is 14.4 Å². The molecular formula is C13H17N3O4. The van der Waals surface area contributed by atoms with Gasteiger partial charge in [-0.25, -0.2) is 4.68 Å². The first-order valence-electron chi connectivity index (χ1n) is 6.51. The summed E-state index contributed by atoms with van der Waals surface area (Å²) in [6, 6.07) is 2.59. The molecule has 2 rings (SSSR count). The van der Waals surface area contributed by atoms with Gasteiger partial charge in [-0.15, -0.1) is 0 Å². The third-order valence-electron chi connectivity index (χ3n) is 3.79. The second kappa shape index (κ2) is 5.44. The van der Waals surface area contributed by atoms with Crippen LogP contribution in [0.3, 0.4) is 0 Å². The van der Waals surface area contributed by atoms with Crippen LogP contribution in [-0.4, -0.2) is 33.3 Å². The lowest BCUT2D eigenvalue weighted by Gasteiger charge is -2.23. The molecule has 0 aliphatic heterocycles. The second-order valence-electron chi connectivity index (χ2n) is 5.16. The first-order chi connectivity index (χ1) is 9.44. The van der Waals surface area contributed by atoms with Gasteiger partial charge in [0, 0.05) is 19.7 Å². The smallest absolute Gasteiger partial charge is 0.311 e. The Bertz CT molecular complexity index is 588. The summed E-state index contributed by atoms with van der Waals surface area (Å²) in [6.07, 6.45) is 2.87. The van der Waals surface area contributed by atoms with Crippen LogP contribution in [0.25, 0.3) is 0 Å².